The molecule has 0 fully saturated rings. The highest BCUT2D eigenvalue weighted by molar-refractivity contribution is 5.31. The summed E-state index contributed by atoms with van der Waals surface area (Å²) in [5, 5.41) is 17.4. The normalized spacial score (nSPS) is 10.8. The number of nitrogens with one attached hydrogen (secondary N) is 1. The van der Waals surface area contributed by atoms with Crippen LogP contribution in [0.4, 0.5) is 0 Å². The van der Waals surface area contributed by atoms with Crippen LogP contribution in [-0.4, -0.2) is 21.4 Å². The van der Waals surface area contributed by atoms with Gasteiger partial charge in [-0.25, -0.2) is 0 Å². The Bertz CT molecular complexity index is 534. The molecule has 0 saturated carbocycles. The molecule has 1 aromatic carbocycles. The zero-order chi connectivity index (χ0) is 13.7. The highest BCUT2D eigenvalue weighted by atomic mass is 16.3. The van der Waals surface area contributed by atoms with Crippen LogP contribution in [0, 0.1) is 13.8 Å². The second-order valence-electron chi connectivity index (χ2n) is 4.81. The summed E-state index contributed by atoms with van der Waals surface area (Å²) >= 11 is 0. The molecular weight excluding hydrogens is 238 g/mol. The van der Waals surface area contributed by atoms with Gasteiger partial charge in [-0.05, 0) is 38.9 Å². The van der Waals surface area contributed by atoms with Crippen molar-refractivity contribution in [3.05, 3.63) is 47.3 Å². The summed E-state index contributed by atoms with van der Waals surface area (Å²) in [6.07, 6.45) is 1.02. The van der Waals surface area contributed by atoms with Gasteiger partial charge in [0, 0.05) is 24.3 Å². The minimum Gasteiger partial charge on any atom is -0.508 e. The number of benzene rings is 1. The summed E-state index contributed by atoms with van der Waals surface area (Å²) in [7, 11) is 0. The number of aryl methyl sites for hydroxylation is 3. The van der Waals surface area contributed by atoms with Crippen molar-refractivity contribution in [2.75, 3.05) is 6.54 Å². The Balaban J connectivity index is 1.70. The third-order valence-electron chi connectivity index (χ3n) is 3.13. The van der Waals surface area contributed by atoms with Crippen LogP contribution < -0.4 is 5.32 Å². The third kappa shape index (κ3) is 3.83. The van der Waals surface area contributed by atoms with Gasteiger partial charge in [-0.3, -0.25) is 4.68 Å². The van der Waals surface area contributed by atoms with E-state index in [0.717, 1.165) is 30.8 Å². The molecule has 19 heavy (non-hydrogen) atoms. The molecule has 0 atom stereocenters. The minimum absolute atomic E-state index is 0.355. The molecule has 0 aliphatic carbocycles. The Morgan fingerprint density at radius 2 is 2.05 bits per heavy atom. The van der Waals surface area contributed by atoms with Crippen molar-refractivity contribution in [2.24, 2.45) is 0 Å². The maximum Gasteiger partial charge on any atom is 0.120 e. The Kier molecular flexibility index (Phi) is 4.58. The predicted molar refractivity (Wildman–Crippen MR) is 76.1 cm³/mol. The molecule has 4 nitrogen and oxygen atoms in total. The van der Waals surface area contributed by atoms with Gasteiger partial charge in [0.25, 0.3) is 0 Å². The van der Waals surface area contributed by atoms with E-state index in [1.54, 1.807) is 6.07 Å². The Morgan fingerprint density at radius 1 is 1.26 bits per heavy atom. The Labute approximate surface area is 114 Å². The lowest BCUT2D eigenvalue weighted by Crippen LogP contribution is -2.17. The first-order chi connectivity index (χ1) is 9.16. The molecule has 2 rings (SSSR count). The third-order valence-corrected chi connectivity index (χ3v) is 3.13. The van der Waals surface area contributed by atoms with E-state index in [2.05, 4.69) is 23.4 Å². The largest absolute Gasteiger partial charge is 0.508 e. The van der Waals surface area contributed by atoms with Gasteiger partial charge < -0.3 is 10.4 Å². The second kappa shape index (κ2) is 6.38. The van der Waals surface area contributed by atoms with Crippen LogP contribution in [0.25, 0.3) is 0 Å². The minimum atomic E-state index is 0.355. The summed E-state index contributed by atoms with van der Waals surface area (Å²) in [6.45, 7) is 6.62. The molecule has 0 aliphatic heterocycles. The average molecular weight is 259 g/mol. The van der Waals surface area contributed by atoms with Gasteiger partial charge in [-0.2, -0.15) is 5.10 Å². The van der Waals surface area contributed by atoms with Crippen molar-refractivity contribution in [1.82, 2.24) is 15.1 Å². The molecular formula is C15H21N3O. The number of hydrogen-bond acceptors (Lipinski definition) is 3. The van der Waals surface area contributed by atoms with Crippen molar-refractivity contribution in [1.29, 1.82) is 0 Å². The van der Waals surface area contributed by atoms with Crippen LogP contribution in [0.5, 0.6) is 5.75 Å². The SMILES string of the molecule is Cc1cc(C)n(CCCNCc2ccccc2O)n1. The number of aromatic hydroxyl groups is 1. The van der Waals surface area contributed by atoms with Crippen LogP contribution in [0.3, 0.4) is 0 Å². The molecule has 0 unspecified atom stereocenters. The van der Waals surface area contributed by atoms with E-state index in [1.807, 2.05) is 29.8 Å². The fourth-order valence-corrected chi connectivity index (χ4v) is 2.14. The van der Waals surface area contributed by atoms with E-state index >= 15 is 0 Å². The molecule has 2 N–H and O–H groups in total. The van der Waals surface area contributed by atoms with Gasteiger partial charge in [0.05, 0.1) is 5.69 Å². The molecule has 0 bridgehead atoms. The number of nitrogens with zero attached hydrogens (tertiary/aromatic N) is 2. The van der Waals surface area contributed by atoms with Crippen LogP contribution in [-0.2, 0) is 13.1 Å². The van der Waals surface area contributed by atoms with Crippen LogP contribution >= 0.6 is 0 Å². The lowest BCUT2D eigenvalue weighted by molar-refractivity contribution is 0.462. The van der Waals surface area contributed by atoms with E-state index < -0.39 is 0 Å². The molecule has 102 valence electrons. The quantitative estimate of drug-likeness (QED) is 0.783. The van der Waals surface area contributed by atoms with Crippen molar-refractivity contribution < 1.29 is 5.11 Å². The highest BCUT2D eigenvalue weighted by Crippen LogP contribution is 2.14. The smallest absolute Gasteiger partial charge is 0.120 e. The molecule has 1 heterocycles. The van der Waals surface area contributed by atoms with E-state index in [4.69, 9.17) is 0 Å². The number of phenolic OH excluding ortho intramolecular Hbond substituents is 1. The molecule has 0 aliphatic rings. The monoisotopic (exact) mass is 259 g/mol. The second-order valence-corrected chi connectivity index (χ2v) is 4.81. The number of rotatable bonds is 6. The van der Waals surface area contributed by atoms with E-state index in [0.29, 0.717) is 12.3 Å². The topological polar surface area (TPSA) is 50.1 Å². The fraction of sp³-hybridized carbons (Fsp3) is 0.400. The zero-order valence-corrected chi connectivity index (χ0v) is 11.6. The van der Waals surface area contributed by atoms with Crippen LogP contribution in [0.1, 0.15) is 23.4 Å². The number of phenols is 1. The summed E-state index contributed by atoms with van der Waals surface area (Å²) < 4.78 is 2.04. The Morgan fingerprint density at radius 3 is 2.74 bits per heavy atom. The molecule has 2 aromatic rings. The van der Waals surface area contributed by atoms with Crippen LogP contribution in [0.2, 0.25) is 0 Å². The maximum absolute atomic E-state index is 9.63. The van der Waals surface area contributed by atoms with Gasteiger partial charge >= 0.3 is 0 Å². The number of para-hydroxylation sites is 1. The van der Waals surface area contributed by atoms with Gasteiger partial charge in [0.15, 0.2) is 0 Å². The molecule has 0 saturated heterocycles. The lowest BCUT2D eigenvalue weighted by atomic mass is 10.2. The van der Waals surface area contributed by atoms with E-state index in [-0.39, 0.29) is 0 Å². The van der Waals surface area contributed by atoms with Crippen molar-refractivity contribution in [3.63, 3.8) is 0 Å². The summed E-state index contributed by atoms with van der Waals surface area (Å²) in [5.41, 5.74) is 3.21. The van der Waals surface area contributed by atoms with Gasteiger partial charge in [0.2, 0.25) is 0 Å². The Hall–Kier alpha value is -1.81. The number of hydrogen-bond donors (Lipinski definition) is 2. The first-order valence-electron chi connectivity index (χ1n) is 6.65. The van der Waals surface area contributed by atoms with Crippen molar-refractivity contribution in [3.8, 4) is 5.75 Å². The first-order valence-corrected chi connectivity index (χ1v) is 6.65. The molecule has 0 spiro atoms. The fourth-order valence-electron chi connectivity index (χ4n) is 2.14. The summed E-state index contributed by atoms with van der Waals surface area (Å²) in [5.74, 6) is 0.355. The van der Waals surface area contributed by atoms with Crippen molar-refractivity contribution in [2.45, 2.75) is 33.4 Å². The number of aromatic nitrogens is 2. The maximum atomic E-state index is 9.63. The molecule has 1 aromatic heterocycles. The predicted octanol–water partition coefficient (Wildman–Crippen LogP) is 2.39. The van der Waals surface area contributed by atoms with Crippen LogP contribution in [0.15, 0.2) is 30.3 Å². The molecule has 4 heteroatoms. The first kappa shape index (κ1) is 13.6. The van der Waals surface area contributed by atoms with Gasteiger partial charge in [0.1, 0.15) is 5.75 Å². The average Bonchev–Trinajstić information content (AvgIpc) is 2.70. The van der Waals surface area contributed by atoms with E-state index in [1.165, 1.54) is 5.69 Å². The summed E-state index contributed by atoms with van der Waals surface area (Å²) in [6, 6.07) is 9.51. The van der Waals surface area contributed by atoms with Gasteiger partial charge in [-0.15, -0.1) is 0 Å². The lowest BCUT2D eigenvalue weighted by Gasteiger charge is -2.07. The molecule has 0 radical (unpaired) electrons. The standard InChI is InChI=1S/C15H21N3O/c1-12-10-13(2)18(17-12)9-5-8-16-11-14-6-3-4-7-15(14)19/h3-4,6-7,10,16,19H,5,8-9,11H2,1-2H3. The van der Waals surface area contributed by atoms with E-state index in [9.17, 15) is 5.11 Å². The van der Waals surface area contributed by atoms with Gasteiger partial charge in [-0.1, -0.05) is 18.2 Å². The summed E-state index contributed by atoms with van der Waals surface area (Å²) in [4.78, 5) is 0. The molecule has 0 amide bonds. The highest BCUT2D eigenvalue weighted by Gasteiger charge is 2.01. The van der Waals surface area contributed by atoms with Crippen molar-refractivity contribution >= 4 is 0 Å². The zero-order valence-electron chi connectivity index (χ0n) is 11.6.